The highest BCUT2D eigenvalue weighted by Gasteiger charge is 2.60. The highest BCUT2D eigenvalue weighted by molar-refractivity contribution is 5.94. The Bertz CT molecular complexity index is 539. The minimum absolute atomic E-state index is 0.0971. The van der Waals surface area contributed by atoms with Crippen molar-refractivity contribution in [2.24, 2.45) is 28.6 Å². The molecular weight excluding hydrogens is 276 g/mol. The topological polar surface area (TPSA) is 57.5 Å². The lowest BCUT2D eigenvalue weighted by atomic mass is 9.47. The summed E-state index contributed by atoms with van der Waals surface area (Å²) < 4.78 is 0. The average molecular weight is 304 g/mol. The fourth-order valence-electron chi connectivity index (χ4n) is 6.44. The van der Waals surface area contributed by atoms with Crippen LogP contribution in [-0.2, 0) is 4.79 Å². The maximum Gasteiger partial charge on any atom is 0.159 e. The Kier molecular flexibility index (Phi) is 3.16. The van der Waals surface area contributed by atoms with Crippen LogP contribution in [-0.4, -0.2) is 28.2 Å². The number of rotatable bonds is 0. The van der Waals surface area contributed by atoms with E-state index in [9.17, 15) is 15.0 Å². The van der Waals surface area contributed by atoms with Crippen LogP contribution in [0, 0.1) is 28.6 Å². The summed E-state index contributed by atoms with van der Waals surface area (Å²) in [6.07, 6.45) is 7.69. The lowest BCUT2D eigenvalue weighted by molar-refractivity contribution is -0.140. The molecule has 0 spiro atoms. The van der Waals surface area contributed by atoms with E-state index >= 15 is 0 Å². The Balaban J connectivity index is 1.78. The van der Waals surface area contributed by atoms with Gasteiger partial charge in [0.2, 0.25) is 0 Å². The van der Waals surface area contributed by atoms with Gasteiger partial charge in [-0.1, -0.05) is 25.8 Å². The van der Waals surface area contributed by atoms with E-state index < -0.39 is 12.2 Å². The summed E-state index contributed by atoms with van der Waals surface area (Å²) in [5.41, 5.74) is 1.03. The third-order valence-electron chi connectivity index (χ3n) is 7.80. The first-order valence-corrected chi connectivity index (χ1v) is 8.97. The van der Waals surface area contributed by atoms with Crippen molar-refractivity contribution in [1.82, 2.24) is 0 Å². The van der Waals surface area contributed by atoms with Crippen LogP contribution >= 0.6 is 0 Å². The van der Waals surface area contributed by atoms with E-state index in [0.717, 1.165) is 12.0 Å². The molecule has 0 aliphatic heterocycles. The second-order valence-electron chi connectivity index (χ2n) is 8.79. The van der Waals surface area contributed by atoms with Crippen LogP contribution in [0.2, 0.25) is 0 Å². The summed E-state index contributed by atoms with van der Waals surface area (Å²) >= 11 is 0. The molecule has 3 heteroatoms. The largest absolute Gasteiger partial charge is 0.393 e. The Morgan fingerprint density at radius 2 is 1.91 bits per heavy atom. The van der Waals surface area contributed by atoms with Crippen LogP contribution in [0.4, 0.5) is 0 Å². The molecule has 3 saturated carbocycles. The van der Waals surface area contributed by atoms with Crippen LogP contribution in [0.5, 0.6) is 0 Å². The van der Waals surface area contributed by atoms with Crippen LogP contribution in [0.3, 0.4) is 0 Å². The highest BCUT2D eigenvalue weighted by atomic mass is 16.3. The molecule has 4 aliphatic rings. The molecule has 0 aromatic carbocycles. The molecule has 7 atom stereocenters. The maximum absolute atomic E-state index is 12.9. The van der Waals surface area contributed by atoms with Crippen molar-refractivity contribution in [3.63, 3.8) is 0 Å². The highest BCUT2D eigenvalue weighted by Crippen LogP contribution is 2.63. The number of hydrogen-bond donors (Lipinski definition) is 2. The van der Waals surface area contributed by atoms with E-state index in [-0.39, 0.29) is 23.0 Å². The van der Waals surface area contributed by atoms with Crippen molar-refractivity contribution in [1.29, 1.82) is 0 Å². The molecule has 122 valence electrons. The summed E-state index contributed by atoms with van der Waals surface area (Å²) in [5, 5.41) is 20.7. The standard InChI is InChI=1S/C19H28O3/c1-18-6-3-4-13(18)17-14(5-7-18)19(2)11(9-15(17)21)8-12(20)10-16(19)22/h9,12-14,16-17,20,22H,3-8,10H2,1-2H3/t12?,13-,14+,16?,17-,18-,19-/m0/s1. The molecule has 0 saturated heterocycles. The molecule has 0 radical (unpaired) electrons. The van der Waals surface area contributed by atoms with Crippen molar-refractivity contribution < 1.29 is 15.0 Å². The minimum Gasteiger partial charge on any atom is -0.393 e. The van der Waals surface area contributed by atoms with Crippen molar-refractivity contribution in [2.45, 2.75) is 71.0 Å². The van der Waals surface area contributed by atoms with Gasteiger partial charge in [-0.3, -0.25) is 4.79 Å². The molecule has 0 amide bonds. The van der Waals surface area contributed by atoms with E-state index in [1.165, 1.54) is 25.7 Å². The summed E-state index contributed by atoms with van der Waals surface area (Å²) in [6, 6.07) is 0. The van der Waals surface area contributed by atoms with Crippen molar-refractivity contribution in [3.05, 3.63) is 11.6 Å². The van der Waals surface area contributed by atoms with E-state index in [4.69, 9.17) is 0 Å². The van der Waals surface area contributed by atoms with E-state index in [1.807, 2.05) is 0 Å². The van der Waals surface area contributed by atoms with Crippen molar-refractivity contribution in [2.75, 3.05) is 0 Å². The Morgan fingerprint density at radius 1 is 1.14 bits per heavy atom. The first-order valence-electron chi connectivity index (χ1n) is 8.97. The molecule has 4 rings (SSSR count). The van der Waals surface area contributed by atoms with Gasteiger partial charge < -0.3 is 10.2 Å². The van der Waals surface area contributed by atoms with E-state index in [1.54, 1.807) is 6.08 Å². The number of hydrogen-bond acceptors (Lipinski definition) is 3. The lowest BCUT2D eigenvalue weighted by Gasteiger charge is -2.57. The van der Waals surface area contributed by atoms with Gasteiger partial charge in [0.05, 0.1) is 12.2 Å². The Morgan fingerprint density at radius 3 is 2.68 bits per heavy atom. The molecule has 0 heterocycles. The fourth-order valence-corrected chi connectivity index (χ4v) is 6.44. The fraction of sp³-hybridized carbons (Fsp3) is 0.842. The predicted octanol–water partition coefficient (Wildman–Crippen LogP) is 2.85. The molecule has 0 bridgehead atoms. The van der Waals surface area contributed by atoms with Crippen LogP contribution < -0.4 is 0 Å². The number of carbonyl (C=O) groups excluding carboxylic acids is 1. The second kappa shape index (κ2) is 4.67. The summed E-state index contributed by atoms with van der Waals surface area (Å²) in [4.78, 5) is 12.9. The molecule has 2 unspecified atom stereocenters. The van der Waals surface area contributed by atoms with Gasteiger partial charge in [0.15, 0.2) is 5.78 Å². The normalized spacial score (nSPS) is 54.3. The maximum atomic E-state index is 12.9. The number of fused-ring (bicyclic) bond motifs is 5. The zero-order chi connectivity index (χ0) is 15.7. The quantitative estimate of drug-likeness (QED) is 0.723. The summed E-state index contributed by atoms with van der Waals surface area (Å²) in [5.74, 6) is 1.13. The Hall–Kier alpha value is -0.670. The zero-order valence-electron chi connectivity index (χ0n) is 13.7. The van der Waals surface area contributed by atoms with Crippen LogP contribution in [0.15, 0.2) is 11.6 Å². The zero-order valence-corrected chi connectivity index (χ0v) is 13.7. The summed E-state index contributed by atoms with van der Waals surface area (Å²) in [7, 11) is 0. The van der Waals surface area contributed by atoms with Gasteiger partial charge in [0.1, 0.15) is 0 Å². The summed E-state index contributed by atoms with van der Waals surface area (Å²) in [6.45, 7) is 4.52. The van der Waals surface area contributed by atoms with Gasteiger partial charge in [0, 0.05) is 17.8 Å². The Labute approximate surface area is 132 Å². The smallest absolute Gasteiger partial charge is 0.159 e. The molecule has 3 nitrogen and oxygen atoms in total. The first kappa shape index (κ1) is 14.9. The number of allylic oxidation sites excluding steroid dienone is 1. The molecular formula is C19H28O3. The first-order chi connectivity index (χ1) is 10.4. The van der Waals surface area contributed by atoms with Gasteiger partial charge in [-0.25, -0.2) is 0 Å². The number of aliphatic hydroxyl groups excluding tert-OH is 2. The number of carbonyl (C=O) groups is 1. The van der Waals surface area contributed by atoms with Crippen molar-refractivity contribution >= 4 is 5.78 Å². The monoisotopic (exact) mass is 304 g/mol. The second-order valence-corrected chi connectivity index (χ2v) is 8.79. The van der Waals surface area contributed by atoms with E-state index in [2.05, 4.69) is 13.8 Å². The third kappa shape index (κ3) is 1.78. The third-order valence-corrected chi connectivity index (χ3v) is 7.80. The van der Waals surface area contributed by atoms with Crippen molar-refractivity contribution in [3.8, 4) is 0 Å². The van der Waals surface area contributed by atoms with Gasteiger partial charge in [-0.05, 0) is 55.4 Å². The molecule has 3 fully saturated rings. The van der Waals surface area contributed by atoms with Gasteiger partial charge in [-0.2, -0.15) is 0 Å². The van der Waals surface area contributed by atoms with Gasteiger partial charge in [0.25, 0.3) is 0 Å². The SMILES string of the molecule is C[C@@]12CCC[C@H]1[C@@H]1C(=O)C=C3CC(O)CC(O)[C@]3(C)[C@@H]1CC2. The molecule has 2 N–H and O–H groups in total. The van der Waals surface area contributed by atoms with Gasteiger partial charge in [-0.15, -0.1) is 0 Å². The number of ketones is 1. The van der Waals surface area contributed by atoms with Crippen LogP contribution in [0.25, 0.3) is 0 Å². The number of aliphatic hydroxyl groups is 2. The predicted molar refractivity (Wildman–Crippen MR) is 84.1 cm³/mol. The molecule has 0 aromatic heterocycles. The molecule has 22 heavy (non-hydrogen) atoms. The minimum atomic E-state index is -0.520. The molecule has 0 aromatic rings. The molecule has 4 aliphatic carbocycles. The lowest BCUT2D eigenvalue weighted by Crippen LogP contribution is -2.57. The van der Waals surface area contributed by atoms with E-state index in [0.29, 0.717) is 24.2 Å². The van der Waals surface area contributed by atoms with Gasteiger partial charge >= 0.3 is 0 Å². The average Bonchev–Trinajstić information content (AvgIpc) is 2.83. The van der Waals surface area contributed by atoms with Crippen LogP contribution in [0.1, 0.15) is 58.8 Å².